The Labute approximate surface area is 169 Å². The van der Waals surface area contributed by atoms with Crippen LogP contribution >= 0.6 is 34.5 Å². The number of thiophene rings is 1. The Kier molecular flexibility index (Phi) is 6.05. The zero-order chi connectivity index (χ0) is 19.4. The van der Waals surface area contributed by atoms with Crippen molar-refractivity contribution in [3.05, 3.63) is 63.5 Å². The van der Waals surface area contributed by atoms with Gasteiger partial charge in [0, 0.05) is 23.3 Å². The second kappa shape index (κ2) is 8.47. The van der Waals surface area contributed by atoms with Crippen molar-refractivity contribution in [1.29, 1.82) is 0 Å². The first-order chi connectivity index (χ1) is 13.0. The van der Waals surface area contributed by atoms with Gasteiger partial charge in [-0.1, -0.05) is 29.3 Å². The zero-order valence-corrected chi connectivity index (χ0v) is 16.4. The van der Waals surface area contributed by atoms with Crippen LogP contribution in [-0.2, 0) is 4.74 Å². The van der Waals surface area contributed by atoms with E-state index in [9.17, 15) is 9.59 Å². The fourth-order valence-corrected chi connectivity index (χ4v) is 3.57. The lowest BCUT2D eigenvalue weighted by Gasteiger charge is -2.09. The number of nitrogens with one attached hydrogen (secondary N) is 1. The van der Waals surface area contributed by atoms with Crippen molar-refractivity contribution in [2.75, 3.05) is 11.9 Å². The lowest BCUT2D eigenvalue weighted by atomic mass is 10.0. The molecule has 0 aliphatic rings. The molecule has 6 nitrogen and oxygen atoms in total. The van der Waals surface area contributed by atoms with Crippen LogP contribution in [0, 0.1) is 0 Å². The van der Waals surface area contributed by atoms with Crippen LogP contribution in [0.15, 0.2) is 42.2 Å². The number of amides is 1. The number of nitrogens with zero attached hydrogens (tertiary/aromatic N) is 2. The van der Waals surface area contributed by atoms with Gasteiger partial charge in [0.1, 0.15) is 16.3 Å². The van der Waals surface area contributed by atoms with Gasteiger partial charge in [-0.05, 0) is 24.6 Å². The molecule has 1 aromatic carbocycles. The highest BCUT2D eigenvalue weighted by Gasteiger charge is 2.23. The van der Waals surface area contributed by atoms with Gasteiger partial charge >= 0.3 is 5.97 Å². The maximum Gasteiger partial charge on any atom is 0.341 e. The number of carbonyl (C=O) groups excluding carboxylic acids is 2. The molecule has 0 spiro atoms. The van der Waals surface area contributed by atoms with E-state index in [1.165, 1.54) is 29.9 Å². The van der Waals surface area contributed by atoms with Gasteiger partial charge in [-0.15, -0.1) is 11.3 Å². The second-order valence-electron chi connectivity index (χ2n) is 5.25. The molecule has 138 valence electrons. The summed E-state index contributed by atoms with van der Waals surface area (Å²) in [6.45, 7) is 1.91. The van der Waals surface area contributed by atoms with E-state index in [4.69, 9.17) is 27.9 Å². The summed E-state index contributed by atoms with van der Waals surface area (Å²) in [5.41, 5.74) is 1.66. The number of carbonyl (C=O) groups is 2. The Morgan fingerprint density at radius 3 is 2.70 bits per heavy atom. The minimum atomic E-state index is -0.547. The van der Waals surface area contributed by atoms with Crippen molar-refractivity contribution in [3.63, 3.8) is 0 Å². The third-order valence-electron chi connectivity index (χ3n) is 3.52. The molecule has 0 aliphatic carbocycles. The molecule has 0 saturated carbocycles. The van der Waals surface area contributed by atoms with E-state index in [-0.39, 0.29) is 17.9 Å². The molecule has 1 amide bonds. The van der Waals surface area contributed by atoms with Crippen LogP contribution in [0.1, 0.15) is 27.8 Å². The predicted molar refractivity (Wildman–Crippen MR) is 106 cm³/mol. The minimum absolute atomic E-state index is 0.136. The van der Waals surface area contributed by atoms with E-state index in [0.29, 0.717) is 26.2 Å². The summed E-state index contributed by atoms with van der Waals surface area (Å²) >= 11 is 13.3. The van der Waals surface area contributed by atoms with Crippen molar-refractivity contribution >= 4 is 51.4 Å². The molecular weight excluding hydrogens is 409 g/mol. The van der Waals surface area contributed by atoms with Crippen LogP contribution in [-0.4, -0.2) is 28.5 Å². The molecule has 3 aromatic rings. The molecule has 27 heavy (non-hydrogen) atoms. The fourth-order valence-electron chi connectivity index (χ4n) is 2.32. The second-order valence-corrected chi connectivity index (χ2v) is 6.94. The third kappa shape index (κ3) is 4.27. The van der Waals surface area contributed by atoms with Crippen molar-refractivity contribution in [2.24, 2.45) is 0 Å². The first-order valence-electron chi connectivity index (χ1n) is 7.82. The molecular formula is C18H13Cl2N3O3S. The molecule has 0 saturated heterocycles. The first kappa shape index (κ1) is 19.3. The van der Waals surface area contributed by atoms with Crippen LogP contribution < -0.4 is 5.32 Å². The molecule has 0 atom stereocenters. The Morgan fingerprint density at radius 1 is 1.22 bits per heavy atom. The predicted octanol–water partition coefficient (Wildman–Crippen LogP) is 4.94. The molecule has 2 heterocycles. The fraction of sp³-hybridized carbons (Fsp3) is 0.111. The molecule has 0 fully saturated rings. The Balaban J connectivity index is 2.01. The lowest BCUT2D eigenvalue weighted by molar-refractivity contribution is 0.0529. The molecule has 2 aromatic heterocycles. The number of esters is 1. The summed E-state index contributed by atoms with van der Waals surface area (Å²) in [5, 5.41) is 5.57. The average molecular weight is 422 g/mol. The quantitative estimate of drug-likeness (QED) is 0.589. The van der Waals surface area contributed by atoms with Gasteiger partial charge in [0.15, 0.2) is 0 Å². The third-order valence-corrected chi connectivity index (χ3v) is 5.16. The standard InChI is InChI=1S/C18H13Cl2N3O3S/c1-2-26-18(25)15-11(10-3-4-12(19)13(20)7-10)9-27-17(15)23-16(24)14-8-21-5-6-22-14/h3-9H,2H2,1H3,(H,23,24). The van der Waals surface area contributed by atoms with E-state index in [2.05, 4.69) is 15.3 Å². The van der Waals surface area contributed by atoms with Gasteiger partial charge in [-0.25, -0.2) is 9.78 Å². The van der Waals surface area contributed by atoms with E-state index in [0.717, 1.165) is 0 Å². The van der Waals surface area contributed by atoms with Crippen molar-refractivity contribution < 1.29 is 14.3 Å². The van der Waals surface area contributed by atoms with Crippen molar-refractivity contribution in [2.45, 2.75) is 6.92 Å². The van der Waals surface area contributed by atoms with Crippen LogP contribution in [0.3, 0.4) is 0 Å². The first-order valence-corrected chi connectivity index (χ1v) is 9.46. The number of benzene rings is 1. The number of aromatic nitrogens is 2. The molecule has 3 rings (SSSR count). The topological polar surface area (TPSA) is 81.2 Å². The van der Waals surface area contributed by atoms with E-state index in [1.54, 1.807) is 30.5 Å². The van der Waals surface area contributed by atoms with Crippen LogP contribution in [0.25, 0.3) is 11.1 Å². The van der Waals surface area contributed by atoms with Gasteiger partial charge in [-0.2, -0.15) is 0 Å². The largest absolute Gasteiger partial charge is 0.462 e. The molecule has 9 heteroatoms. The summed E-state index contributed by atoms with van der Waals surface area (Å²) < 4.78 is 5.16. The summed E-state index contributed by atoms with van der Waals surface area (Å²) in [7, 11) is 0. The SMILES string of the molecule is CCOC(=O)c1c(-c2ccc(Cl)c(Cl)c2)csc1NC(=O)c1cnccn1. The average Bonchev–Trinajstić information content (AvgIpc) is 3.08. The van der Waals surface area contributed by atoms with Gasteiger partial charge in [0.2, 0.25) is 0 Å². The minimum Gasteiger partial charge on any atom is -0.462 e. The monoisotopic (exact) mass is 421 g/mol. The smallest absolute Gasteiger partial charge is 0.341 e. The molecule has 1 N–H and O–H groups in total. The Hall–Kier alpha value is -2.48. The maximum atomic E-state index is 12.5. The molecule has 0 unspecified atom stereocenters. The molecule has 0 aliphatic heterocycles. The highest BCUT2D eigenvalue weighted by Crippen LogP contribution is 2.38. The normalized spacial score (nSPS) is 10.5. The maximum absolute atomic E-state index is 12.5. The number of ether oxygens (including phenoxy) is 1. The van der Waals surface area contributed by atoms with Gasteiger partial charge in [0.05, 0.1) is 22.8 Å². The highest BCUT2D eigenvalue weighted by molar-refractivity contribution is 7.15. The van der Waals surface area contributed by atoms with Gasteiger partial charge < -0.3 is 10.1 Å². The van der Waals surface area contributed by atoms with Crippen LogP contribution in [0.4, 0.5) is 5.00 Å². The number of hydrogen-bond acceptors (Lipinski definition) is 6. The van der Waals surface area contributed by atoms with Crippen LogP contribution in [0.2, 0.25) is 10.0 Å². The summed E-state index contributed by atoms with van der Waals surface area (Å²) in [6.07, 6.45) is 4.22. The summed E-state index contributed by atoms with van der Waals surface area (Å²) in [5.74, 6) is -1.02. The van der Waals surface area contributed by atoms with Gasteiger partial charge in [0.25, 0.3) is 5.91 Å². The highest BCUT2D eigenvalue weighted by atomic mass is 35.5. The van der Waals surface area contributed by atoms with Gasteiger partial charge in [-0.3, -0.25) is 9.78 Å². The summed E-state index contributed by atoms with van der Waals surface area (Å²) in [4.78, 5) is 32.8. The van der Waals surface area contributed by atoms with Crippen molar-refractivity contribution in [1.82, 2.24) is 9.97 Å². The number of halogens is 2. The summed E-state index contributed by atoms with van der Waals surface area (Å²) in [6, 6.07) is 5.04. The van der Waals surface area contributed by atoms with Crippen molar-refractivity contribution in [3.8, 4) is 11.1 Å². The van der Waals surface area contributed by atoms with E-state index < -0.39 is 11.9 Å². The lowest BCUT2D eigenvalue weighted by Crippen LogP contribution is -2.16. The Bertz CT molecular complexity index is 993. The molecule has 0 radical (unpaired) electrons. The number of hydrogen-bond donors (Lipinski definition) is 1. The number of rotatable bonds is 5. The molecule has 0 bridgehead atoms. The van der Waals surface area contributed by atoms with E-state index in [1.807, 2.05) is 0 Å². The van der Waals surface area contributed by atoms with E-state index >= 15 is 0 Å². The number of anilines is 1. The zero-order valence-electron chi connectivity index (χ0n) is 14.0. The Morgan fingerprint density at radius 2 is 2.04 bits per heavy atom. The van der Waals surface area contributed by atoms with Crippen LogP contribution in [0.5, 0.6) is 0 Å².